The van der Waals surface area contributed by atoms with Gasteiger partial charge in [-0.05, 0) is 80.9 Å². The molecule has 292 valence electrons. The summed E-state index contributed by atoms with van der Waals surface area (Å²) in [4.78, 5) is 16.0. The summed E-state index contributed by atoms with van der Waals surface area (Å²) in [7, 11) is 0. The summed E-state index contributed by atoms with van der Waals surface area (Å²) in [5, 5.41) is 4.80. The number of para-hydroxylation sites is 3. The van der Waals surface area contributed by atoms with Gasteiger partial charge in [-0.25, -0.2) is 4.98 Å². The monoisotopic (exact) mass is 801 g/mol. The van der Waals surface area contributed by atoms with Gasteiger partial charge in [-0.1, -0.05) is 176 Å². The fraction of sp³-hybridized carbons (Fsp3) is 0.0172. The molecule has 0 amide bonds. The van der Waals surface area contributed by atoms with Crippen LogP contribution in [0.5, 0.6) is 0 Å². The molecule has 5 heteroatoms. The van der Waals surface area contributed by atoms with Gasteiger partial charge in [0.05, 0.1) is 27.5 Å². The van der Waals surface area contributed by atoms with Crippen molar-refractivity contribution in [2.75, 3.05) is 0 Å². The summed E-state index contributed by atoms with van der Waals surface area (Å²) in [6.45, 7) is 0. The van der Waals surface area contributed by atoms with Crippen molar-refractivity contribution < 1.29 is 0 Å². The van der Waals surface area contributed by atoms with Crippen LogP contribution < -0.4 is 0 Å². The van der Waals surface area contributed by atoms with E-state index in [9.17, 15) is 0 Å². The second-order valence-electron chi connectivity index (χ2n) is 16.7. The number of hydrogen-bond acceptors (Lipinski definition) is 3. The molecule has 2 aliphatic carbocycles. The van der Waals surface area contributed by atoms with E-state index in [1.54, 1.807) is 0 Å². The third-order valence-electron chi connectivity index (χ3n) is 13.6. The minimum absolute atomic E-state index is 0.446. The molecule has 3 aromatic heterocycles. The molecule has 0 atom stereocenters. The van der Waals surface area contributed by atoms with E-state index in [1.165, 1.54) is 60.7 Å². The van der Waals surface area contributed by atoms with Crippen molar-refractivity contribution in [3.63, 3.8) is 0 Å². The SMILES string of the molecule is c1ccc(-c2nc(-c3cccc(-n4c5ccccc5c5ccccc54)c3)nc(-n3c4ccccc4c4c5c(ccc43)C3(c4ccccc4-c4ccccc43)c3ccccc3-5)n2)cc1. The van der Waals surface area contributed by atoms with Crippen LogP contribution in [0.25, 0.3) is 100 Å². The first-order chi connectivity index (χ1) is 31.3. The zero-order valence-electron chi connectivity index (χ0n) is 33.9. The summed E-state index contributed by atoms with van der Waals surface area (Å²) < 4.78 is 4.59. The predicted octanol–water partition coefficient (Wildman–Crippen LogP) is 13.7. The van der Waals surface area contributed by atoms with E-state index in [0.29, 0.717) is 17.6 Å². The molecule has 0 fully saturated rings. The Kier molecular flexibility index (Phi) is 6.97. The van der Waals surface area contributed by atoms with Crippen LogP contribution in [-0.4, -0.2) is 24.1 Å². The van der Waals surface area contributed by atoms with Crippen molar-refractivity contribution in [3.05, 3.63) is 235 Å². The lowest BCUT2D eigenvalue weighted by atomic mass is 9.70. The normalized spacial score (nSPS) is 13.2. The highest BCUT2D eigenvalue weighted by Crippen LogP contribution is 2.64. The number of nitrogens with zero attached hydrogens (tertiary/aromatic N) is 5. The van der Waals surface area contributed by atoms with Gasteiger partial charge in [-0.3, -0.25) is 4.57 Å². The molecule has 0 unspecified atom stereocenters. The first kappa shape index (κ1) is 34.3. The summed E-state index contributed by atoms with van der Waals surface area (Å²) in [6, 6.07) is 76.5. The lowest BCUT2D eigenvalue weighted by Gasteiger charge is -2.30. The van der Waals surface area contributed by atoms with Gasteiger partial charge in [0.15, 0.2) is 11.6 Å². The molecule has 0 bridgehead atoms. The van der Waals surface area contributed by atoms with Crippen molar-refractivity contribution in [3.8, 4) is 56.7 Å². The molecule has 5 nitrogen and oxygen atoms in total. The fourth-order valence-electron chi connectivity index (χ4n) is 11.2. The van der Waals surface area contributed by atoms with Gasteiger partial charge < -0.3 is 4.57 Å². The Bertz CT molecular complexity index is 3770. The van der Waals surface area contributed by atoms with E-state index < -0.39 is 5.41 Å². The Labute approximate surface area is 362 Å². The molecular weight excluding hydrogens is 767 g/mol. The molecule has 1 spiro atoms. The predicted molar refractivity (Wildman–Crippen MR) is 256 cm³/mol. The van der Waals surface area contributed by atoms with E-state index in [-0.39, 0.29) is 0 Å². The van der Waals surface area contributed by atoms with Gasteiger partial charge in [0.1, 0.15) is 0 Å². The molecule has 0 radical (unpaired) electrons. The van der Waals surface area contributed by atoms with Crippen LogP contribution in [0.2, 0.25) is 0 Å². The zero-order chi connectivity index (χ0) is 41.2. The van der Waals surface area contributed by atoms with Crippen LogP contribution >= 0.6 is 0 Å². The Morgan fingerprint density at radius 3 is 1.51 bits per heavy atom. The van der Waals surface area contributed by atoms with Crippen LogP contribution in [0.15, 0.2) is 212 Å². The van der Waals surface area contributed by atoms with E-state index in [4.69, 9.17) is 15.0 Å². The topological polar surface area (TPSA) is 48.5 Å². The van der Waals surface area contributed by atoms with E-state index >= 15 is 0 Å². The van der Waals surface area contributed by atoms with Crippen LogP contribution in [0.3, 0.4) is 0 Å². The first-order valence-electron chi connectivity index (χ1n) is 21.5. The van der Waals surface area contributed by atoms with Crippen LogP contribution in [0.4, 0.5) is 0 Å². The number of hydrogen-bond donors (Lipinski definition) is 0. The van der Waals surface area contributed by atoms with E-state index in [0.717, 1.165) is 44.3 Å². The fourth-order valence-corrected chi connectivity index (χ4v) is 11.2. The molecular formula is C58H35N5. The molecule has 3 heterocycles. The molecule has 2 aliphatic rings. The van der Waals surface area contributed by atoms with Crippen molar-refractivity contribution in [2.24, 2.45) is 0 Å². The summed E-state index contributed by atoms with van der Waals surface area (Å²) in [5.41, 5.74) is 17.2. The van der Waals surface area contributed by atoms with Crippen molar-refractivity contribution >= 4 is 43.6 Å². The highest BCUT2D eigenvalue weighted by atomic mass is 15.2. The Morgan fingerprint density at radius 1 is 0.333 bits per heavy atom. The minimum Gasteiger partial charge on any atom is -0.309 e. The molecule has 12 aromatic rings. The average molecular weight is 802 g/mol. The van der Waals surface area contributed by atoms with E-state index in [1.807, 2.05) is 18.2 Å². The van der Waals surface area contributed by atoms with E-state index in [2.05, 4.69) is 203 Å². The average Bonchev–Trinajstić information content (AvgIpc) is 4.06. The smallest absolute Gasteiger partial charge is 0.238 e. The third kappa shape index (κ3) is 4.57. The summed E-state index contributed by atoms with van der Waals surface area (Å²) in [5.74, 6) is 1.80. The van der Waals surface area contributed by atoms with Crippen molar-refractivity contribution in [2.45, 2.75) is 5.41 Å². The summed E-state index contributed by atoms with van der Waals surface area (Å²) in [6.07, 6.45) is 0. The second-order valence-corrected chi connectivity index (χ2v) is 16.7. The number of fused-ring (bicyclic) bond motifs is 17. The maximum absolute atomic E-state index is 5.42. The highest BCUT2D eigenvalue weighted by Gasteiger charge is 2.52. The van der Waals surface area contributed by atoms with Gasteiger partial charge in [-0.2, -0.15) is 9.97 Å². The second kappa shape index (κ2) is 12.8. The molecule has 0 saturated carbocycles. The molecule has 9 aromatic carbocycles. The molecule has 0 aliphatic heterocycles. The standard InChI is InChI=1S/C58H35N5/c1-2-17-36(18-3-1)55-59-56(37-19-16-20-38(35-37)62-49-30-13-7-23-41(49)42-24-8-14-31-50(42)62)61-57(60-55)63-51-32-15-9-26-44(51)54-52(63)34-33-48-53(54)43-25-6-12-29-47(43)58(48)45-27-10-4-21-39(45)40-22-5-11-28-46(40)58/h1-35H. The van der Waals surface area contributed by atoms with Gasteiger partial charge >= 0.3 is 0 Å². The molecule has 14 rings (SSSR count). The van der Waals surface area contributed by atoms with Gasteiger partial charge in [0, 0.05) is 38.4 Å². The molecule has 63 heavy (non-hydrogen) atoms. The molecule has 0 saturated heterocycles. The number of benzene rings is 9. The lowest BCUT2D eigenvalue weighted by Crippen LogP contribution is -2.25. The zero-order valence-corrected chi connectivity index (χ0v) is 33.9. The summed E-state index contributed by atoms with van der Waals surface area (Å²) >= 11 is 0. The van der Waals surface area contributed by atoms with Gasteiger partial charge in [-0.15, -0.1) is 0 Å². The first-order valence-corrected chi connectivity index (χ1v) is 21.5. The van der Waals surface area contributed by atoms with Gasteiger partial charge in [0.2, 0.25) is 5.95 Å². The molecule has 0 N–H and O–H groups in total. The Morgan fingerprint density at radius 2 is 0.841 bits per heavy atom. The van der Waals surface area contributed by atoms with Crippen LogP contribution in [0.1, 0.15) is 22.3 Å². The lowest BCUT2D eigenvalue weighted by molar-refractivity contribution is 0.794. The van der Waals surface area contributed by atoms with Crippen LogP contribution in [0, 0.1) is 0 Å². The minimum atomic E-state index is -0.446. The number of rotatable bonds is 4. The quantitative estimate of drug-likeness (QED) is 0.178. The maximum Gasteiger partial charge on any atom is 0.238 e. The van der Waals surface area contributed by atoms with Gasteiger partial charge in [0.25, 0.3) is 0 Å². The van der Waals surface area contributed by atoms with Crippen molar-refractivity contribution in [1.29, 1.82) is 0 Å². The Balaban J connectivity index is 1.04. The number of aromatic nitrogens is 5. The largest absolute Gasteiger partial charge is 0.309 e. The maximum atomic E-state index is 5.42. The third-order valence-corrected chi connectivity index (χ3v) is 13.6. The van der Waals surface area contributed by atoms with Crippen molar-refractivity contribution in [1.82, 2.24) is 24.1 Å². The Hall–Kier alpha value is -8.41. The van der Waals surface area contributed by atoms with Crippen LogP contribution in [-0.2, 0) is 5.41 Å². The highest BCUT2D eigenvalue weighted by molar-refractivity contribution is 6.19.